The standard InChI is InChI=1S/C24H20B.C18H18ClN2O2/c1-5-13-21(14-6-1)25(22-15-7-2-8-16-22,23-17-9-3-10-18-23)24-19-11-4-12-20-24;19-17-5-3-15(4-6-17)1-2-16-7-9-20(10-8-16)18(22)21-11-13-23-14-12-21/h1-20H;1-10H,11-14H2/q-1;+1/b;2-1+. The molecule has 0 atom stereocenters. The molecular weight excluding hydrogens is 611 g/mol. The zero-order valence-corrected chi connectivity index (χ0v) is 27.6. The number of carbonyl (C=O) groups is 1. The summed E-state index contributed by atoms with van der Waals surface area (Å²) in [5, 5.41) is 0.726. The minimum Gasteiger partial charge on any atom is -0.373 e. The lowest BCUT2D eigenvalue weighted by Gasteiger charge is -2.44. The van der Waals surface area contributed by atoms with Crippen LogP contribution in [0.15, 0.2) is 170 Å². The van der Waals surface area contributed by atoms with Crippen molar-refractivity contribution < 1.29 is 14.1 Å². The van der Waals surface area contributed by atoms with Crippen LogP contribution in [0.25, 0.3) is 12.2 Å². The molecule has 0 saturated carbocycles. The second-order valence-electron chi connectivity index (χ2n) is 11.8. The van der Waals surface area contributed by atoms with Crippen LogP contribution in [0, 0.1) is 0 Å². The van der Waals surface area contributed by atoms with Gasteiger partial charge in [-0.15, -0.1) is 0 Å². The molecule has 48 heavy (non-hydrogen) atoms. The van der Waals surface area contributed by atoms with E-state index >= 15 is 0 Å². The first kappa shape index (κ1) is 32.7. The highest BCUT2D eigenvalue weighted by Gasteiger charge is 2.31. The predicted molar refractivity (Wildman–Crippen MR) is 200 cm³/mol. The second kappa shape index (κ2) is 16.1. The van der Waals surface area contributed by atoms with Gasteiger partial charge in [0.1, 0.15) is 19.2 Å². The van der Waals surface area contributed by atoms with Crippen molar-refractivity contribution in [2.75, 3.05) is 26.3 Å². The van der Waals surface area contributed by atoms with Crippen LogP contribution in [0.1, 0.15) is 11.1 Å². The van der Waals surface area contributed by atoms with Crippen LogP contribution in [-0.2, 0) is 4.74 Å². The van der Waals surface area contributed by atoms with E-state index in [2.05, 4.69) is 121 Å². The average molecular weight is 649 g/mol. The van der Waals surface area contributed by atoms with Gasteiger partial charge in [-0.3, -0.25) is 0 Å². The highest BCUT2D eigenvalue weighted by molar-refractivity contribution is 7.19. The van der Waals surface area contributed by atoms with E-state index in [9.17, 15) is 4.79 Å². The third-order valence-electron chi connectivity index (χ3n) is 8.89. The Balaban J connectivity index is 0.000000168. The number of pyridine rings is 1. The van der Waals surface area contributed by atoms with Crippen molar-refractivity contribution in [1.29, 1.82) is 0 Å². The summed E-state index contributed by atoms with van der Waals surface area (Å²) in [5.74, 6) is 0. The summed E-state index contributed by atoms with van der Waals surface area (Å²) in [6, 6.07) is 55.0. The number of aromatic nitrogens is 1. The molecule has 0 unspecified atom stereocenters. The summed E-state index contributed by atoms with van der Waals surface area (Å²) >= 11 is 5.87. The van der Waals surface area contributed by atoms with Crippen LogP contribution in [0.5, 0.6) is 0 Å². The molecule has 1 aromatic heterocycles. The molecule has 7 rings (SSSR count). The first-order valence-electron chi connectivity index (χ1n) is 16.3. The first-order chi connectivity index (χ1) is 23.6. The maximum Gasteiger partial charge on any atom is 0.498 e. The molecule has 2 heterocycles. The van der Waals surface area contributed by atoms with E-state index in [1.807, 2.05) is 48.6 Å². The average Bonchev–Trinajstić information content (AvgIpc) is 3.17. The molecule has 4 nitrogen and oxygen atoms in total. The van der Waals surface area contributed by atoms with Crippen molar-refractivity contribution >= 4 is 57.8 Å². The van der Waals surface area contributed by atoms with Crippen LogP contribution in [-0.4, -0.2) is 43.4 Å². The molecule has 0 radical (unpaired) electrons. The Kier molecular flexibility index (Phi) is 10.9. The Bertz CT molecular complexity index is 1730. The molecule has 0 bridgehead atoms. The van der Waals surface area contributed by atoms with Crippen LogP contribution in [0.2, 0.25) is 5.02 Å². The fourth-order valence-electron chi connectivity index (χ4n) is 6.48. The minimum absolute atomic E-state index is 0.0125. The number of halogens is 1. The van der Waals surface area contributed by atoms with Crippen LogP contribution < -0.4 is 26.4 Å². The SMILES string of the molecule is O=C(N1CCOCC1)[n+]1ccc(/C=C/c2ccc(Cl)cc2)cc1.c1ccc([B-](c2ccccc2)(c2ccccc2)c2ccccc2)cc1. The smallest absolute Gasteiger partial charge is 0.373 e. The number of carbonyl (C=O) groups excluding carboxylic acids is 1. The first-order valence-corrected chi connectivity index (χ1v) is 16.7. The lowest BCUT2D eigenvalue weighted by molar-refractivity contribution is -0.578. The minimum atomic E-state index is -1.22. The van der Waals surface area contributed by atoms with Crippen molar-refractivity contribution in [2.45, 2.75) is 0 Å². The maximum atomic E-state index is 12.3. The summed E-state index contributed by atoms with van der Waals surface area (Å²) in [5.41, 5.74) is 7.47. The van der Waals surface area contributed by atoms with Gasteiger partial charge in [0.05, 0.1) is 25.6 Å². The zero-order chi connectivity index (χ0) is 33.0. The third kappa shape index (κ3) is 7.66. The van der Waals surface area contributed by atoms with Crippen molar-refractivity contribution in [3.63, 3.8) is 0 Å². The summed E-state index contributed by atoms with van der Waals surface area (Å²) in [6.45, 7) is 2.50. The topological polar surface area (TPSA) is 33.4 Å². The van der Waals surface area contributed by atoms with Crippen molar-refractivity contribution in [2.24, 2.45) is 0 Å². The highest BCUT2D eigenvalue weighted by Crippen LogP contribution is 2.13. The molecular formula is C42H38BClN2O2. The molecule has 1 aliphatic rings. The van der Waals surface area contributed by atoms with Crippen LogP contribution >= 0.6 is 11.6 Å². The number of ether oxygens (including phenoxy) is 1. The summed E-state index contributed by atoms with van der Waals surface area (Å²) in [7, 11) is 0. The molecule has 6 heteroatoms. The molecule has 1 saturated heterocycles. The summed E-state index contributed by atoms with van der Waals surface area (Å²) < 4.78 is 6.87. The molecule has 238 valence electrons. The molecule has 1 fully saturated rings. The van der Waals surface area contributed by atoms with Crippen LogP contribution in [0.4, 0.5) is 4.79 Å². The van der Waals surface area contributed by atoms with Gasteiger partial charge in [0, 0.05) is 5.02 Å². The Morgan fingerprint density at radius 3 is 1.33 bits per heavy atom. The van der Waals surface area contributed by atoms with Gasteiger partial charge in [-0.2, -0.15) is 31.2 Å². The van der Waals surface area contributed by atoms with Gasteiger partial charge in [-0.05, 0) is 35.4 Å². The Morgan fingerprint density at radius 2 is 0.938 bits per heavy atom. The molecule has 1 aliphatic heterocycles. The lowest BCUT2D eigenvalue weighted by atomic mass is 9.13. The number of hydrogen-bond acceptors (Lipinski definition) is 2. The molecule has 0 spiro atoms. The van der Waals surface area contributed by atoms with Gasteiger partial charge in [0.2, 0.25) is 0 Å². The number of morpholine rings is 1. The van der Waals surface area contributed by atoms with E-state index in [1.54, 1.807) is 21.9 Å². The largest absolute Gasteiger partial charge is 0.498 e. The van der Waals surface area contributed by atoms with Gasteiger partial charge in [-0.25, -0.2) is 4.90 Å². The highest BCUT2D eigenvalue weighted by atomic mass is 35.5. The monoisotopic (exact) mass is 648 g/mol. The van der Waals surface area contributed by atoms with Gasteiger partial charge < -0.3 is 4.74 Å². The van der Waals surface area contributed by atoms with E-state index in [0.29, 0.717) is 26.3 Å². The van der Waals surface area contributed by atoms with Crippen molar-refractivity contribution in [3.05, 3.63) is 186 Å². The Labute approximate surface area is 288 Å². The fourth-order valence-corrected chi connectivity index (χ4v) is 6.61. The van der Waals surface area contributed by atoms with Gasteiger partial charge in [0.15, 0.2) is 0 Å². The van der Waals surface area contributed by atoms with Crippen LogP contribution in [0.3, 0.4) is 0 Å². The molecule has 6 aromatic rings. The normalized spacial score (nSPS) is 13.1. The van der Waals surface area contributed by atoms with Crippen molar-refractivity contribution in [3.8, 4) is 0 Å². The number of amides is 1. The van der Waals surface area contributed by atoms with E-state index in [-0.39, 0.29) is 6.03 Å². The van der Waals surface area contributed by atoms with Gasteiger partial charge >= 0.3 is 6.03 Å². The maximum absolute atomic E-state index is 12.3. The molecule has 0 aliphatic carbocycles. The summed E-state index contributed by atoms with van der Waals surface area (Å²) in [6.07, 6.45) is 6.39. The second-order valence-corrected chi connectivity index (χ2v) is 12.3. The van der Waals surface area contributed by atoms with E-state index in [0.717, 1.165) is 16.1 Å². The van der Waals surface area contributed by atoms with E-state index in [1.165, 1.54) is 21.9 Å². The Morgan fingerprint density at radius 1 is 0.562 bits per heavy atom. The number of benzene rings is 5. The Hall–Kier alpha value is -5.23. The number of nitrogens with zero attached hydrogens (tertiary/aromatic N) is 2. The molecule has 0 N–H and O–H groups in total. The number of rotatable bonds is 6. The van der Waals surface area contributed by atoms with Crippen molar-refractivity contribution in [1.82, 2.24) is 4.90 Å². The fraction of sp³-hybridized carbons (Fsp3) is 0.0952. The number of hydrogen-bond donors (Lipinski definition) is 0. The molecule has 1 amide bonds. The van der Waals surface area contributed by atoms with Gasteiger partial charge in [0.25, 0.3) is 0 Å². The van der Waals surface area contributed by atoms with Gasteiger partial charge in [-0.1, -0.05) is 157 Å². The quantitative estimate of drug-likeness (QED) is 0.160. The van der Waals surface area contributed by atoms with E-state index in [4.69, 9.17) is 16.3 Å². The molecule has 5 aromatic carbocycles. The lowest BCUT2D eigenvalue weighted by Crippen LogP contribution is -2.74. The summed E-state index contributed by atoms with van der Waals surface area (Å²) in [4.78, 5) is 14.1. The predicted octanol–water partition coefficient (Wildman–Crippen LogP) is 6.16. The van der Waals surface area contributed by atoms with E-state index < -0.39 is 6.15 Å². The third-order valence-corrected chi connectivity index (χ3v) is 9.15. The zero-order valence-electron chi connectivity index (χ0n) is 26.8.